The summed E-state index contributed by atoms with van der Waals surface area (Å²) >= 11 is 0. The highest BCUT2D eigenvalue weighted by Crippen LogP contribution is 2.31. The molecule has 0 bridgehead atoms. The molecule has 180 valence electrons. The van der Waals surface area contributed by atoms with E-state index in [-0.39, 0.29) is 12.4 Å². The zero-order chi connectivity index (χ0) is 23.5. The van der Waals surface area contributed by atoms with Gasteiger partial charge in [0.05, 0.1) is 0 Å². The number of alkyl halides is 1. The predicted molar refractivity (Wildman–Crippen MR) is 138 cm³/mol. The molecule has 0 aliphatic heterocycles. The molecule has 3 aromatic rings. The van der Waals surface area contributed by atoms with E-state index in [4.69, 9.17) is 4.74 Å². The van der Waals surface area contributed by atoms with E-state index < -0.39 is 6.17 Å². The number of ether oxygens (including phenoxy) is 1. The first kappa shape index (κ1) is 25.5. The van der Waals surface area contributed by atoms with Gasteiger partial charge in [-0.05, 0) is 65.3 Å². The fourth-order valence-electron chi connectivity index (χ4n) is 4.56. The Bertz CT molecular complexity index is 997. The molecule has 0 aromatic heterocycles. The Morgan fingerprint density at radius 1 is 0.727 bits per heavy atom. The van der Waals surface area contributed by atoms with Crippen molar-refractivity contribution in [3.05, 3.63) is 53.8 Å². The van der Waals surface area contributed by atoms with Gasteiger partial charge in [-0.15, -0.1) is 0 Å². The number of aryl methyl sites for hydroxylation is 1. The molecule has 1 nitrogen and oxygen atoms in total. The summed E-state index contributed by atoms with van der Waals surface area (Å²) < 4.78 is 34.8. The molecular weight excluding hydrogens is 414 g/mol. The Balaban J connectivity index is 1.63. The van der Waals surface area contributed by atoms with Crippen molar-refractivity contribution in [3.8, 4) is 5.75 Å². The summed E-state index contributed by atoms with van der Waals surface area (Å²) in [5.74, 6) is 0.385. The number of fused-ring (bicyclic) bond motifs is 3. The molecule has 3 aromatic carbocycles. The van der Waals surface area contributed by atoms with Gasteiger partial charge in [0.1, 0.15) is 24.3 Å². The molecule has 33 heavy (non-hydrogen) atoms. The van der Waals surface area contributed by atoms with E-state index in [2.05, 4.69) is 19.9 Å². The summed E-state index contributed by atoms with van der Waals surface area (Å²) in [6.07, 6.45) is 12.4. The molecule has 0 spiro atoms. The van der Waals surface area contributed by atoms with Crippen molar-refractivity contribution in [3.63, 3.8) is 0 Å². The first-order valence-electron chi connectivity index (χ1n) is 13.0. The van der Waals surface area contributed by atoms with Crippen LogP contribution in [-0.4, -0.2) is 12.8 Å². The van der Waals surface area contributed by atoms with E-state index in [9.17, 15) is 8.78 Å². The third kappa shape index (κ3) is 7.69. The second-order valence-electron chi connectivity index (χ2n) is 9.40. The second kappa shape index (κ2) is 13.5. The van der Waals surface area contributed by atoms with Crippen LogP contribution in [0.4, 0.5) is 8.78 Å². The topological polar surface area (TPSA) is 9.23 Å². The molecule has 0 aliphatic carbocycles. The van der Waals surface area contributed by atoms with Crippen molar-refractivity contribution in [2.45, 2.75) is 97.1 Å². The Hall–Kier alpha value is -2.16. The van der Waals surface area contributed by atoms with Crippen LogP contribution in [0, 0.1) is 5.82 Å². The molecule has 0 radical (unpaired) electrons. The average molecular weight is 455 g/mol. The SMILES string of the molecule is CCCCCCCCc1ccc2c(c1)c(F)cc1cc(OC[C@@H](F)CCCCCC)ccc12. The van der Waals surface area contributed by atoms with E-state index in [0.717, 1.165) is 54.7 Å². The minimum absolute atomic E-state index is 0.0511. The van der Waals surface area contributed by atoms with Crippen LogP contribution < -0.4 is 4.74 Å². The number of benzene rings is 3. The molecule has 0 N–H and O–H groups in total. The van der Waals surface area contributed by atoms with Gasteiger partial charge in [0, 0.05) is 5.39 Å². The number of hydrogen-bond acceptors (Lipinski definition) is 1. The lowest BCUT2D eigenvalue weighted by Gasteiger charge is -2.12. The van der Waals surface area contributed by atoms with E-state index >= 15 is 0 Å². The summed E-state index contributed by atoms with van der Waals surface area (Å²) in [7, 11) is 0. The van der Waals surface area contributed by atoms with Crippen LogP contribution >= 0.6 is 0 Å². The summed E-state index contributed by atoms with van der Waals surface area (Å²) in [4.78, 5) is 0. The van der Waals surface area contributed by atoms with Gasteiger partial charge in [-0.1, -0.05) is 89.8 Å². The van der Waals surface area contributed by atoms with Gasteiger partial charge in [-0.2, -0.15) is 0 Å². The van der Waals surface area contributed by atoms with Gasteiger partial charge < -0.3 is 4.74 Å². The molecule has 0 saturated carbocycles. The molecule has 0 fully saturated rings. The third-order valence-electron chi connectivity index (χ3n) is 6.56. The van der Waals surface area contributed by atoms with E-state index in [0.29, 0.717) is 17.6 Å². The molecule has 0 amide bonds. The lowest BCUT2D eigenvalue weighted by atomic mass is 9.97. The summed E-state index contributed by atoms with van der Waals surface area (Å²) in [6, 6.07) is 13.4. The standard InChI is InChI=1S/C30H40F2O/c1-3-5-7-9-10-11-13-23-15-17-28-27-18-16-26(20-24(27)21-30(32)29(28)19-23)33-22-25(31)14-12-8-6-4-2/h15-21,25H,3-14,22H2,1-2H3/t25-/m0/s1. The van der Waals surface area contributed by atoms with Gasteiger partial charge in [0.25, 0.3) is 0 Å². The van der Waals surface area contributed by atoms with Crippen LogP contribution in [0.1, 0.15) is 90.0 Å². The van der Waals surface area contributed by atoms with Gasteiger partial charge in [0.2, 0.25) is 0 Å². The zero-order valence-electron chi connectivity index (χ0n) is 20.5. The molecular formula is C30H40F2O. The van der Waals surface area contributed by atoms with Gasteiger partial charge in [0.15, 0.2) is 0 Å². The lowest BCUT2D eigenvalue weighted by Crippen LogP contribution is -2.12. The average Bonchev–Trinajstić information content (AvgIpc) is 2.82. The maximum atomic E-state index is 15.0. The Morgan fingerprint density at radius 3 is 2.21 bits per heavy atom. The Labute approximate surface area is 198 Å². The van der Waals surface area contributed by atoms with Crippen LogP contribution in [0.15, 0.2) is 42.5 Å². The van der Waals surface area contributed by atoms with Crippen molar-refractivity contribution in [1.29, 1.82) is 0 Å². The van der Waals surface area contributed by atoms with Gasteiger partial charge in [-0.3, -0.25) is 0 Å². The van der Waals surface area contributed by atoms with Crippen LogP contribution in [-0.2, 0) is 6.42 Å². The molecule has 3 heteroatoms. The minimum atomic E-state index is -0.962. The highest BCUT2D eigenvalue weighted by molar-refractivity contribution is 6.08. The van der Waals surface area contributed by atoms with Crippen molar-refractivity contribution in [2.24, 2.45) is 0 Å². The lowest BCUT2D eigenvalue weighted by molar-refractivity contribution is 0.184. The summed E-state index contributed by atoms with van der Waals surface area (Å²) in [5, 5.41) is 3.39. The maximum Gasteiger partial charge on any atom is 0.134 e. The third-order valence-corrected chi connectivity index (χ3v) is 6.56. The predicted octanol–water partition coefficient (Wildman–Crippen LogP) is 9.72. The van der Waals surface area contributed by atoms with Crippen LogP contribution in [0.3, 0.4) is 0 Å². The van der Waals surface area contributed by atoms with Crippen LogP contribution in [0.5, 0.6) is 5.75 Å². The molecule has 0 aliphatic rings. The Kier molecular flexibility index (Phi) is 10.4. The van der Waals surface area contributed by atoms with Crippen molar-refractivity contribution in [2.75, 3.05) is 6.61 Å². The monoisotopic (exact) mass is 454 g/mol. The highest BCUT2D eigenvalue weighted by Gasteiger charge is 2.11. The number of hydrogen-bond donors (Lipinski definition) is 0. The second-order valence-corrected chi connectivity index (χ2v) is 9.40. The normalized spacial score (nSPS) is 12.5. The molecule has 3 rings (SSSR count). The first-order valence-corrected chi connectivity index (χ1v) is 13.0. The van der Waals surface area contributed by atoms with E-state index in [1.807, 2.05) is 30.3 Å². The molecule has 0 heterocycles. The minimum Gasteiger partial charge on any atom is -0.491 e. The van der Waals surface area contributed by atoms with Crippen molar-refractivity contribution < 1.29 is 13.5 Å². The first-order chi connectivity index (χ1) is 16.1. The zero-order valence-corrected chi connectivity index (χ0v) is 20.5. The number of rotatable bonds is 15. The number of halogens is 2. The van der Waals surface area contributed by atoms with E-state index in [1.54, 1.807) is 6.07 Å². The summed E-state index contributed by atoms with van der Waals surface area (Å²) in [6.45, 7) is 4.43. The number of unbranched alkanes of at least 4 members (excludes halogenated alkanes) is 8. The fourth-order valence-corrected chi connectivity index (χ4v) is 4.56. The summed E-state index contributed by atoms with van der Waals surface area (Å²) in [5.41, 5.74) is 1.20. The Morgan fingerprint density at radius 2 is 1.42 bits per heavy atom. The molecule has 1 atom stereocenters. The quantitative estimate of drug-likeness (QED) is 0.164. The van der Waals surface area contributed by atoms with Crippen LogP contribution in [0.2, 0.25) is 0 Å². The maximum absolute atomic E-state index is 15.0. The fraction of sp³-hybridized carbons (Fsp3) is 0.533. The van der Waals surface area contributed by atoms with Crippen molar-refractivity contribution in [1.82, 2.24) is 0 Å². The molecule has 0 saturated heterocycles. The van der Waals surface area contributed by atoms with Gasteiger partial charge in [-0.25, -0.2) is 8.78 Å². The molecule has 0 unspecified atom stereocenters. The van der Waals surface area contributed by atoms with Gasteiger partial charge >= 0.3 is 0 Å². The highest BCUT2D eigenvalue weighted by atomic mass is 19.1. The largest absolute Gasteiger partial charge is 0.491 e. The van der Waals surface area contributed by atoms with Crippen LogP contribution in [0.25, 0.3) is 21.5 Å². The smallest absolute Gasteiger partial charge is 0.134 e. The van der Waals surface area contributed by atoms with E-state index in [1.165, 1.54) is 37.7 Å². The van der Waals surface area contributed by atoms with Crippen molar-refractivity contribution >= 4 is 21.5 Å².